The summed E-state index contributed by atoms with van der Waals surface area (Å²) in [6.07, 6.45) is 0. The van der Waals surface area contributed by atoms with E-state index in [4.69, 9.17) is 19.4 Å². The maximum absolute atomic E-state index is 9.42. The Morgan fingerprint density at radius 3 is 1.62 bits per heavy atom. The second-order valence-corrected chi connectivity index (χ2v) is 13.5. The number of hydrogen-bond acceptors (Lipinski definition) is 5. The van der Waals surface area contributed by atoms with E-state index >= 15 is 0 Å². The summed E-state index contributed by atoms with van der Waals surface area (Å²) in [6.45, 7) is 0. The van der Waals surface area contributed by atoms with Crippen LogP contribution in [0.15, 0.2) is 186 Å². The molecule has 8 aromatic carbocycles. The van der Waals surface area contributed by atoms with Gasteiger partial charge >= 0.3 is 0 Å². The van der Waals surface area contributed by atoms with Gasteiger partial charge in [-0.15, -0.1) is 0 Å². The Balaban J connectivity index is 1.09. The van der Waals surface area contributed by atoms with Crippen LogP contribution < -0.4 is 0 Å². The van der Waals surface area contributed by atoms with E-state index < -0.39 is 0 Å². The number of fused-ring (bicyclic) bond motifs is 5. The second-order valence-electron chi connectivity index (χ2n) is 13.5. The average molecular weight is 703 g/mol. The summed E-state index contributed by atoms with van der Waals surface area (Å²) >= 11 is 0. The summed E-state index contributed by atoms with van der Waals surface area (Å²) in [6, 6.07) is 64.0. The standard InChI is InChI=1S/C50H30N4O/c51-31-32-21-23-35(24-22-32)43-30-44-46-40(19-10-20-45(46)55-47(44)42-18-8-7-17-41(42)43)34-25-27-37(28-26-34)49-52-48(36-13-5-2-6-14-36)53-50(54-49)39-16-9-15-38(29-39)33-11-3-1-4-12-33/h1-30H. The molecule has 256 valence electrons. The lowest BCUT2D eigenvalue weighted by Crippen LogP contribution is -2.00. The van der Waals surface area contributed by atoms with Crippen LogP contribution in [0.5, 0.6) is 0 Å². The molecule has 0 aliphatic heterocycles. The van der Waals surface area contributed by atoms with E-state index in [1.807, 2.05) is 91.0 Å². The normalized spacial score (nSPS) is 11.3. The van der Waals surface area contributed by atoms with Gasteiger partial charge in [-0.1, -0.05) is 152 Å². The van der Waals surface area contributed by atoms with Crippen LogP contribution in [-0.4, -0.2) is 15.0 Å². The summed E-state index contributed by atoms with van der Waals surface area (Å²) in [5, 5.41) is 13.7. The molecule has 0 radical (unpaired) electrons. The van der Waals surface area contributed by atoms with Crippen LogP contribution in [0, 0.1) is 11.3 Å². The van der Waals surface area contributed by atoms with Crippen molar-refractivity contribution >= 4 is 32.7 Å². The molecule has 0 aliphatic carbocycles. The molecule has 2 heterocycles. The van der Waals surface area contributed by atoms with E-state index in [9.17, 15) is 5.26 Å². The molecule has 0 bridgehead atoms. The Morgan fingerprint density at radius 2 is 0.909 bits per heavy atom. The van der Waals surface area contributed by atoms with Gasteiger partial charge in [0.15, 0.2) is 17.5 Å². The highest BCUT2D eigenvalue weighted by Crippen LogP contribution is 2.43. The number of nitrogens with zero attached hydrogens (tertiary/aromatic N) is 4. The molecule has 0 atom stereocenters. The van der Waals surface area contributed by atoms with Crippen LogP contribution in [-0.2, 0) is 0 Å². The minimum Gasteiger partial charge on any atom is -0.455 e. The van der Waals surface area contributed by atoms with Crippen molar-refractivity contribution in [2.45, 2.75) is 0 Å². The number of benzene rings is 8. The molecular weight excluding hydrogens is 673 g/mol. The highest BCUT2D eigenvalue weighted by molar-refractivity contribution is 6.22. The molecule has 0 saturated carbocycles. The molecule has 10 aromatic rings. The molecular formula is C50H30N4O. The molecule has 5 heteroatoms. The molecule has 0 spiro atoms. The molecule has 0 unspecified atom stereocenters. The predicted molar refractivity (Wildman–Crippen MR) is 222 cm³/mol. The monoisotopic (exact) mass is 702 g/mol. The van der Waals surface area contributed by atoms with Crippen molar-refractivity contribution in [1.82, 2.24) is 15.0 Å². The highest BCUT2D eigenvalue weighted by Gasteiger charge is 2.19. The predicted octanol–water partition coefficient (Wildman–Crippen LogP) is 12.8. The molecule has 0 saturated heterocycles. The van der Waals surface area contributed by atoms with Gasteiger partial charge in [0.2, 0.25) is 0 Å². The average Bonchev–Trinajstić information content (AvgIpc) is 3.66. The first-order valence-electron chi connectivity index (χ1n) is 18.2. The van der Waals surface area contributed by atoms with E-state index in [1.54, 1.807) is 0 Å². The molecule has 0 fully saturated rings. The van der Waals surface area contributed by atoms with Crippen molar-refractivity contribution < 1.29 is 4.42 Å². The quantitative estimate of drug-likeness (QED) is 0.172. The molecule has 0 amide bonds. The van der Waals surface area contributed by atoms with Gasteiger partial charge in [0.1, 0.15) is 11.2 Å². The van der Waals surface area contributed by atoms with Crippen molar-refractivity contribution in [3.63, 3.8) is 0 Å². The fraction of sp³-hybridized carbons (Fsp3) is 0. The summed E-state index contributed by atoms with van der Waals surface area (Å²) in [4.78, 5) is 15.0. The van der Waals surface area contributed by atoms with Crippen LogP contribution in [0.1, 0.15) is 5.56 Å². The lowest BCUT2D eigenvalue weighted by molar-refractivity contribution is 0.673. The fourth-order valence-corrected chi connectivity index (χ4v) is 7.47. The van der Waals surface area contributed by atoms with Gasteiger partial charge in [0.25, 0.3) is 0 Å². The third-order valence-corrected chi connectivity index (χ3v) is 10.2. The fourth-order valence-electron chi connectivity index (χ4n) is 7.47. The zero-order chi connectivity index (χ0) is 36.7. The highest BCUT2D eigenvalue weighted by atomic mass is 16.3. The zero-order valence-electron chi connectivity index (χ0n) is 29.5. The molecule has 10 rings (SSSR count). The van der Waals surface area contributed by atoms with Crippen LogP contribution in [0.2, 0.25) is 0 Å². The number of aromatic nitrogens is 3. The maximum atomic E-state index is 9.42. The summed E-state index contributed by atoms with van der Waals surface area (Å²) < 4.78 is 6.63. The van der Waals surface area contributed by atoms with Crippen molar-refractivity contribution in [1.29, 1.82) is 5.26 Å². The third-order valence-electron chi connectivity index (χ3n) is 10.2. The minimum absolute atomic E-state index is 0.603. The van der Waals surface area contributed by atoms with Crippen LogP contribution >= 0.6 is 0 Å². The topological polar surface area (TPSA) is 75.6 Å². The minimum atomic E-state index is 0.603. The van der Waals surface area contributed by atoms with E-state index in [1.165, 1.54) is 0 Å². The molecule has 5 nitrogen and oxygen atoms in total. The van der Waals surface area contributed by atoms with Crippen molar-refractivity contribution in [3.8, 4) is 73.6 Å². The number of hydrogen-bond donors (Lipinski definition) is 0. The lowest BCUT2D eigenvalue weighted by Gasteiger charge is -2.11. The Kier molecular flexibility index (Phi) is 7.79. The van der Waals surface area contributed by atoms with E-state index in [-0.39, 0.29) is 0 Å². The first-order chi connectivity index (χ1) is 27.2. The van der Waals surface area contributed by atoms with Crippen molar-refractivity contribution in [2.75, 3.05) is 0 Å². The van der Waals surface area contributed by atoms with Crippen LogP contribution in [0.3, 0.4) is 0 Å². The van der Waals surface area contributed by atoms with Gasteiger partial charge < -0.3 is 4.42 Å². The molecule has 0 aliphatic rings. The Labute approximate surface area is 317 Å². The van der Waals surface area contributed by atoms with E-state index in [0.29, 0.717) is 23.0 Å². The summed E-state index contributed by atoms with van der Waals surface area (Å²) in [5.41, 5.74) is 11.6. The third kappa shape index (κ3) is 5.79. The molecule has 0 N–H and O–H groups in total. The largest absolute Gasteiger partial charge is 0.455 e. The zero-order valence-corrected chi connectivity index (χ0v) is 29.5. The van der Waals surface area contributed by atoms with Gasteiger partial charge in [-0.3, -0.25) is 0 Å². The van der Waals surface area contributed by atoms with E-state index in [2.05, 4.69) is 97.1 Å². The Hall–Kier alpha value is -7.68. The van der Waals surface area contributed by atoms with Gasteiger partial charge in [0.05, 0.1) is 11.6 Å². The SMILES string of the molecule is N#Cc1ccc(-c2cc3c(oc4cccc(-c5ccc(-c6nc(-c7ccccc7)nc(-c7cccc(-c8ccccc8)c7)n6)cc5)c43)c3ccccc23)cc1. The molecule has 55 heavy (non-hydrogen) atoms. The van der Waals surface area contributed by atoms with Crippen LogP contribution in [0.4, 0.5) is 0 Å². The van der Waals surface area contributed by atoms with Gasteiger partial charge in [-0.2, -0.15) is 5.26 Å². The van der Waals surface area contributed by atoms with Gasteiger partial charge in [-0.25, -0.2) is 15.0 Å². The van der Waals surface area contributed by atoms with Gasteiger partial charge in [0, 0.05) is 32.8 Å². The number of rotatable bonds is 6. The summed E-state index contributed by atoms with van der Waals surface area (Å²) in [7, 11) is 0. The summed E-state index contributed by atoms with van der Waals surface area (Å²) in [5.74, 6) is 1.84. The van der Waals surface area contributed by atoms with Crippen molar-refractivity contribution in [2.24, 2.45) is 0 Å². The first-order valence-corrected chi connectivity index (χ1v) is 18.2. The second kappa shape index (κ2) is 13.4. The number of nitriles is 1. The Bertz CT molecular complexity index is 3070. The Morgan fingerprint density at radius 1 is 0.382 bits per heavy atom. The maximum Gasteiger partial charge on any atom is 0.164 e. The van der Waals surface area contributed by atoms with Crippen LogP contribution in [0.25, 0.3) is 100 Å². The van der Waals surface area contributed by atoms with Gasteiger partial charge in [-0.05, 0) is 69.1 Å². The smallest absolute Gasteiger partial charge is 0.164 e. The molecule has 2 aromatic heterocycles. The van der Waals surface area contributed by atoms with Crippen molar-refractivity contribution in [3.05, 3.63) is 188 Å². The first kappa shape index (κ1) is 32.0. The van der Waals surface area contributed by atoms with E-state index in [0.717, 1.165) is 82.8 Å². The lowest BCUT2D eigenvalue weighted by atomic mass is 9.93. The number of furan rings is 1.